The second-order valence-corrected chi connectivity index (χ2v) is 6.35. The molecule has 1 aromatic heterocycles. The minimum Gasteiger partial charge on any atom is -0.497 e. The lowest BCUT2D eigenvalue weighted by Crippen LogP contribution is -2.14. The van der Waals surface area contributed by atoms with Crippen LogP contribution < -0.4 is 15.1 Å². The zero-order valence-electron chi connectivity index (χ0n) is 15.2. The highest BCUT2D eigenvalue weighted by atomic mass is 16.5. The lowest BCUT2D eigenvalue weighted by molar-refractivity contribution is -0.137. The van der Waals surface area contributed by atoms with E-state index in [2.05, 4.69) is 0 Å². The highest BCUT2D eigenvalue weighted by Gasteiger charge is 2.15. The van der Waals surface area contributed by atoms with Gasteiger partial charge in [-0.3, -0.25) is 4.79 Å². The fourth-order valence-electron chi connectivity index (χ4n) is 2.73. The number of ether oxygens (including phenoxy) is 2. The van der Waals surface area contributed by atoms with E-state index in [-0.39, 0.29) is 11.9 Å². The van der Waals surface area contributed by atoms with Gasteiger partial charge >= 0.3 is 11.6 Å². The molecule has 0 aliphatic heterocycles. The first-order valence-corrected chi connectivity index (χ1v) is 8.34. The standard InChI is InChI=1S/C21H20O5/c1-12(2)20(22)25-16-9-10-17-13(3)19(21(23)26-18(17)11-16)14-5-7-15(24-4)8-6-14/h5-12H,1-4H3. The van der Waals surface area contributed by atoms with Gasteiger partial charge in [-0.1, -0.05) is 26.0 Å². The van der Waals surface area contributed by atoms with Gasteiger partial charge in [0.05, 0.1) is 18.6 Å². The van der Waals surface area contributed by atoms with Crippen LogP contribution in [0.1, 0.15) is 19.4 Å². The van der Waals surface area contributed by atoms with Gasteiger partial charge in [0.25, 0.3) is 0 Å². The third-order valence-electron chi connectivity index (χ3n) is 4.21. The average molecular weight is 352 g/mol. The maximum absolute atomic E-state index is 12.5. The quantitative estimate of drug-likeness (QED) is 0.397. The zero-order valence-corrected chi connectivity index (χ0v) is 15.2. The molecule has 26 heavy (non-hydrogen) atoms. The van der Waals surface area contributed by atoms with Crippen LogP contribution in [0.2, 0.25) is 0 Å². The van der Waals surface area contributed by atoms with Gasteiger partial charge in [-0.15, -0.1) is 0 Å². The molecular formula is C21H20O5. The van der Waals surface area contributed by atoms with Crippen LogP contribution in [0.3, 0.4) is 0 Å². The van der Waals surface area contributed by atoms with Crippen molar-refractivity contribution in [3.8, 4) is 22.6 Å². The second-order valence-electron chi connectivity index (χ2n) is 6.35. The van der Waals surface area contributed by atoms with Crippen molar-refractivity contribution >= 4 is 16.9 Å². The molecule has 2 aromatic carbocycles. The van der Waals surface area contributed by atoms with Gasteiger partial charge in [0.2, 0.25) is 0 Å². The molecule has 0 radical (unpaired) electrons. The number of fused-ring (bicyclic) bond motifs is 1. The Balaban J connectivity index is 2.07. The van der Waals surface area contributed by atoms with E-state index in [4.69, 9.17) is 13.9 Å². The third kappa shape index (κ3) is 3.33. The molecule has 1 heterocycles. The Hall–Kier alpha value is -3.08. The highest BCUT2D eigenvalue weighted by molar-refractivity contribution is 5.88. The summed E-state index contributed by atoms with van der Waals surface area (Å²) in [5.74, 6) is 0.499. The first-order chi connectivity index (χ1) is 12.4. The van der Waals surface area contributed by atoms with Crippen LogP contribution >= 0.6 is 0 Å². The molecular weight excluding hydrogens is 332 g/mol. The molecule has 134 valence electrons. The Kier molecular flexibility index (Phi) is 4.80. The molecule has 0 aliphatic rings. The Morgan fingerprint density at radius 3 is 2.31 bits per heavy atom. The Labute approximate surface area is 151 Å². The summed E-state index contributed by atoms with van der Waals surface area (Å²) in [4.78, 5) is 24.3. The number of rotatable bonds is 4. The lowest BCUT2D eigenvalue weighted by Gasteiger charge is -2.10. The summed E-state index contributed by atoms with van der Waals surface area (Å²) in [7, 11) is 1.59. The first kappa shape index (κ1) is 17.7. The molecule has 0 bridgehead atoms. The third-order valence-corrected chi connectivity index (χ3v) is 4.21. The van der Waals surface area contributed by atoms with Crippen LogP contribution in [0.25, 0.3) is 22.1 Å². The molecule has 5 nitrogen and oxygen atoms in total. The van der Waals surface area contributed by atoms with E-state index in [1.807, 2.05) is 19.1 Å². The number of methoxy groups -OCH3 is 1. The maximum atomic E-state index is 12.5. The predicted molar refractivity (Wildman–Crippen MR) is 99.7 cm³/mol. The second kappa shape index (κ2) is 7.04. The van der Waals surface area contributed by atoms with E-state index >= 15 is 0 Å². The van der Waals surface area contributed by atoms with Crippen molar-refractivity contribution in [3.63, 3.8) is 0 Å². The van der Waals surface area contributed by atoms with Crippen LogP contribution in [0.4, 0.5) is 0 Å². The van der Waals surface area contributed by atoms with Crippen LogP contribution in [-0.2, 0) is 4.79 Å². The molecule has 0 amide bonds. The molecule has 0 saturated carbocycles. The van der Waals surface area contributed by atoms with Crippen molar-refractivity contribution in [1.82, 2.24) is 0 Å². The summed E-state index contributed by atoms with van der Waals surface area (Å²) in [5, 5.41) is 0.791. The Morgan fingerprint density at radius 1 is 1.04 bits per heavy atom. The lowest BCUT2D eigenvalue weighted by atomic mass is 9.99. The number of hydrogen-bond acceptors (Lipinski definition) is 5. The van der Waals surface area contributed by atoms with E-state index in [9.17, 15) is 9.59 Å². The number of aryl methyl sites for hydroxylation is 1. The van der Waals surface area contributed by atoms with E-state index < -0.39 is 5.63 Å². The minimum atomic E-state index is -0.437. The molecule has 0 aliphatic carbocycles. The monoisotopic (exact) mass is 352 g/mol. The molecule has 3 aromatic rings. The number of esters is 1. The molecule has 0 unspecified atom stereocenters. The summed E-state index contributed by atoms with van der Waals surface area (Å²) in [6.07, 6.45) is 0. The first-order valence-electron chi connectivity index (χ1n) is 8.34. The van der Waals surface area contributed by atoms with E-state index in [0.29, 0.717) is 22.6 Å². The molecule has 5 heteroatoms. The predicted octanol–water partition coefficient (Wildman–Crippen LogP) is 4.34. The molecule has 0 fully saturated rings. The van der Waals surface area contributed by atoms with Gasteiger partial charge in [0, 0.05) is 11.5 Å². The topological polar surface area (TPSA) is 65.7 Å². The number of hydrogen-bond donors (Lipinski definition) is 0. The minimum absolute atomic E-state index is 0.239. The van der Waals surface area contributed by atoms with Gasteiger partial charge < -0.3 is 13.9 Å². The van der Waals surface area contributed by atoms with Gasteiger partial charge in [-0.2, -0.15) is 0 Å². The van der Waals surface area contributed by atoms with Crippen molar-refractivity contribution in [2.75, 3.05) is 7.11 Å². The number of carbonyl (C=O) groups excluding carboxylic acids is 1. The van der Waals surface area contributed by atoms with Crippen LogP contribution in [0.15, 0.2) is 51.7 Å². The van der Waals surface area contributed by atoms with Gasteiger partial charge in [0.15, 0.2) is 0 Å². The summed E-state index contributed by atoms with van der Waals surface area (Å²) >= 11 is 0. The Morgan fingerprint density at radius 2 is 1.69 bits per heavy atom. The van der Waals surface area contributed by atoms with Crippen LogP contribution in [0, 0.1) is 12.8 Å². The van der Waals surface area contributed by atoms with Crippen molar-refractivity contribution in [1.29, 1.82) is 0 Å². The average Bonchev–Trinajstić information content (AvgIpc) is 2.62. The van der Waals surface area contributed by atoms with Crippen LogP contribution in [0.5, 0.6) is 11.5 Å². The number of benzene rings is 2. The zero-order chi connectivity index (χ0) is 18.8. The van der Waals surface area contributed by atoms with Crippen molar-refractivity contribution in [2.24, 2.45) is 5.92 Å². The fraction of sp³-hybridized carbons (Fsp3) is 0.238. The maximum Gasteiger partial charge on any atom is 0.344 e. The Bertz CT molecular complexity index is 1010. The molecule has 0 saturated heterocycles. The van der Waals surface area contributed by atoms with Crippen LogP contribution in [-0.4, -0.2) is 13.1 Å². The van der Waals surface area contributed by atoms with Crippen molar-refractivity contribution in [2.45, 2.75) is 20.8 Å². The van der Waals surface area contributed by atoms with Gasteiger partial charge in [-0.25, -0.2) is 4.79 Å². The fourth-order valence-corrected chi connectivity index (χ4v) is 2.73. The largest absolute Gasteiger partial charge is 0.497 e. The molecule has 0 atom stereocenters. The van der Waals surface area contributed by atoms with Gasteiger partial charge in [0.1, 0.15) is 17.1 Å². The molecule has 0 spiro atoms. The molecule has 3 rings (SSSR count). The van der Waals surface area contributed by atoms with Crippen molar-refractivity contribution in [3.05, 3.63) is 58.4 Å². The summed E-state index contributed by atoms with van der Waals surface area (Å²) in [5.41, 5.74) is 2.02. The summed E-state index contributed by atoms with van der Waals surface area (Å²) in [6, 6.07) is 12.3. The van der Waals surface area contributed by atoms with Gasteiger partial charge in [-0.05, 0) is 42.3 Å². The normalized spacial score (nSPS) is 11.0. The van der Waals surface area contributed by atoms with Crippen molar-refractivity contribution < 1.29 is 18.7 Å². The summed E-state index contributed by atoms with van der Waals surface area (Å²) < 4.78 is 15.9. The van der Waals surface area contributed by atoms with E-state index in [1.54, 1.807) is 51.3 Å². The number of carbonyl (C=O) groups is 1. The SMILES string of the molecule is COc1ccc(-c2c(C)c3ccc(OC(=O)C(C)C)cc3oc2=O)cc1. The molecule has 0 N–H and O–H groups in total. The van der Waals surface area contributed by atoms with E-state index in [1.165, 1.54) is 0 Å². The smallest absolute Gasteiger partial charge is 0.344 e. The summed E-state index contributed by atoms with van der Waals surface area (Å²) in [6.45, 7) is 5.39. The van der Waals surface area contributed by atoms with E-state index in [0.717, 1.165) is 16.5 Å². The highest BCUT2D eigenvalue weighted by Crippen LogP contribution is 2.30.